The van der Waals surface area contributed by atoms with Crippen molar-refractivity contribution in [2.75, 3.05) is 13.1 Å². The summed E-state index contributed by atoms with van der Waals surface area (Å²) in [5.74, 6) is 1.30. The molecule has 1 heterocycles. The maximum Gasteiger partial charge on any atom is 0.410 e. The van der Waals surface area contributed by atoms with Gasteiger partial charge in [-0.25, -0.2) is 4.79 Å². The van der Waals surface area contributed by atoms with Crippen LogP contribution in [0.15, 0.2) is 0 Å². The first-order chi connectivity index (χ1) is 8.63. The molecule has 0 bridgehead atoms. The Bertz CT molecular complexity index is 352. The van der Waals surface area contributed by atoms with Crippen molar-refractivity contribution in [3.63, 3.8) is 0 Å². The lowest BCUT2D eigenvalue weighted by Crippen LogP contribution is -2.42. The second-order valence-corrected chi connectivity index (χ2v) is 7.68. The zero-order valence-corrected chi connectivity index (χ0v) is 12.9. The largest absolute Gasteiger partial charge is 0.444 e. The standard InChI is InChI=1S/C15H28N2O2/c1-14(2,3)19-13(18)17-8-6-10(7-9-17)11-12(16)15(11,4)5/h10-12H,6-9,16H2,1-5H3. The molecule has 1 aliphatic heterocycles. The normalized spacial score (nSPS) is 31.2. The number of rotatable bonds is 1. The van der Waals surface area contributed by atoms with Crippen molar-refractivity contribution in [3.8, 4) is 0 Å². The highest BCUT2D eigenvalue weighted by molar-refractivity contribution is 5.68. The van der Waals surface area contributed by atoms with E-state index in [0.717, 1.165) is 25.9 Å². The van der Waals surface area contributed by atoms with Crippen molar-refractivity contribution in [1.29, 1.82) is 0 Å². The Kier molecular flexibility index (Phi) is 3.58. The van der Waals surface area contributed by atoms with Crippen LogP contribution in [-0.4, -0.2) is 35.7 Å². The van der Waals surface area contributed by atoms with Crippen molar-refractivity contribution in [2.45, 2.75) is 59.1 Å². The van der Waals surface area contributed by atoms with E-state index in [4.69, 9.17) is 10.5 Å². The number of hydrogen-bond donors (Lipinski definition) is 1. The van der Waals surface area contributed by atoms with E-state index in [0.29, 0.717) is 23.3 Å². The monoisotopic (exact) mass is 268 g/mol. The van der Waals surface area contributed by atoms with E-state index in [-0.39, 0.29) is 6.09 Å². The number of nitrogens with two attached hydrogens (primary N) is 1. The molecule has 2 unspecified atom stereocenters. The first-order valence-corrected chi connectivity index (χ1v) is 7.36. The molecule has 110 valence electrons. The second-order valence-electron chi connectivity index (χ2n) is 7.68. The predicted octanol–water partition coefficient (Wildman–Crippen LogP) is 2.62. The lowest BCUT2D eigenvalue weighted by atomic mass is 9.88. The van der Waals surface area contributed by atoms with Crippen LogP contribution in [-0.2, 0) is 4.74 Å². The quantitative estimate of drug-likeness (QED) is 0.795. The van der Waals surface area contributed by atoms with E-state index in [2.05, 4.69) is 13.8 Å². The number of carbonyl (C=O) groups excluding carboxylic acids is 1. The fourth-order valence-corrected chi connectivity index (χ4v) is 3.39. The Labute approximate surface area is 116 Å². The fraction of sp³-hybridized carbons (Fsp3) is 0.933. The van der Waals surface area contributed by atoms with E-state index in [9.17, 15) is 4.79 Å². The zero-order chi connectivity index (χ0) is 14.4. The van der Waals surface area contributed by atoms with Crippen LogP contribution in [0.3, 0.4) is 0 Å². The lowest BCUT2D eigenvalue weighted by Gasteiger charge is -2.34. The van der Waals surface area contributed by atoms with Gasteiger partial charge in [-0.1, -0.05) is 13.8 Å². The van der Waals surface area contributed by atoms with Crippen LogP contribution in [0.2, 0.25) is 0 Å². The van der Waals surface area contributed by atoms with Crippen molar-refractivity contribution in [2.24, 2.45) is 23.0 Å². The van der Waals surface area contributed by atoms with Crippen molar-refractivity contribution in [1.82, 2.24) is 4.90 Å². The second kappa shape index (κ2) is 4.65. The Hall–Kier alpha value is -0.770. The molecule has 2 atom stereocenters. The third-order valence-electron chi connectivity index (χ3n) is 4.70. The van der Waals surface area contributed by atoms with Gasteiger partial charge in [0.1, 0.15) is 5.60 Å². The topological polar surface area (TPSA) is 55.6 Å². The van der Waals surface area contributed by atoms with Gasteiger partial charge in [-0.2, -0.15) is 0 Å². The smallest absolute Gasteiger partial charge is 0.410 e. The summed E-state index contributed by atoms with van der Waals surface area (Å²) in [5.41, 5.74) is 6.03. The summed E-state index contributed by atoms with van der Waals surface area (Å²) in [4.78, 5) is 13.8. The van der Waals surface area contributed by atoms with Gasteiger partial charge in [-0.15, -0.1) is 0 Å². The average Bonchev–Trinajstić information content (AvgIpc) is 2.76. The predicted molar refractivity (Wildman–Crippen MR) is 75.8 cm³/mol. The maximum atomic E-state index is 12.0. The summed E-state index contributed by atoms with van der Waals surface area (Å²) in [5, 5.41) is 0. The number of amides is 1. The summed E-state index contributed by atoms with van der Waals surface area (Å²) in [7, 11) is 0. The van der Waals surface area contributed by atoms with Crippen molar-refractivity contribution in [3.05, 3.63) is 0 Å². The highest BCUT2D eigenvalue weighted by Gasteiger charge is 2.58. The van der Waals surface area contributed by atoms with E-state index in [1.54, 1.807) is 0 Å². The number of ether oxygens (including phenoxy) is 1. The van der Waals surface area contributed by atoms with Gasteiger partial charge in [0.25, 0.3) is 0 Å². The van der Waals surface area contributed by atoms with Gasteiger partial charge >= 0.3 is 6.09 Å². The molecule has 0 aromatic rings. The summed E-state index contributed by atoms with van der Waals surface area (Å²) < 4.78 is 5.41. The fourth-order valence-electron chi connectivity index (χ4n) is 3.39. The number of piperidine rings is 1. The van der Waals surface area contributed by atoms with Gasteiger partial charge in [-0.3, -0.25) is 0 Å². The first-order valence-electron chi connectivity index (χ1n) is 7.36. The lowest BCUT2D eigenvalue weighted by molar-refractivity contribution is 0.0171. The van der Waals surface area contributed by atoms with Crippen LogP contribution in [0.1, 0.15) is 47.5 Å². The van der Waals surface area contributed by atoms with E-state index in [1.807, 2.05) is 25.7 Å². The molecule has 1 saturated carbocycles. The van der Waals surface area contributed by atoms with Crippen LogP contribution in [0.4, 0.5) is 4.79 Å². The van der Waals surface area contributed by atoms with E-state index < -0.39 is 5.60 Å². The molecular weight excluding hydrogens is 240 g/mol. The van der Waals surface area contributed by atoms with Crippen LogP contribution < -0.4 is 5.73 Å². The minimum atomic E-state index is -0.408. The summed E-state index contributed by atoms with van der Waals surface area (Å²) in [6.07, 6.45) is 1.94. The van der Waals surface area contributed by atoms with E-state index in [1.165, 1.54) is 0 Å². The molecule has 19 heavy (non-hydrogen) atoms. The van der Waals surface area contributed by atoms with Crippen molar-refractivity contribution >= 4 is 6.09 Å². The SMILES string of the molecule is CC(C)(C)OC(=O)N1CCC(C2C(N)C2(C)C)CC1. The average molecular weight is 268 g/mol. The first kappa shape index (κ1) is 14.6. The molecule has 1 amide bonds. The molecule has 2 rings (SSSR count). The maximum absolute atomic E-state index is 12.0. The third kappa shape index (κ3) is 3.04. The van der Waals surface area contributed by atoms with Gasteiger partial charge in [0.15, 0.2) is 0 Å². The Morgan fingerprint density at radius 2 is 1.74 bits per heavy atom. The molecule has 2 aliphatic rings. The summed E-state index contributed by atoms with van der Waals surface area (Å²) >= 11 is 0. The van der Waals surface area contributed by atoms with Gasteiger partial charge in [0, 0.05) is 19.1 Å². The van der Waals surface area contributed by atoms with Gasteiger partial charge in [0.05, 0.1) is 0 Å². The van der Waals surface area contributed by atoms with Gasteiger partial charge in [-0.05, 0) is 50.9 Å². The molecule has 1 aliphatic carbocycles. The zero-order valence-electron chi connectivity index (χ0n) is 12.9. The molecule has 4 nitrogen and oxygen atoms in total. The molecule has 2 N–H and O–H groups in total. The van der Waals surface area contributed by atoms with Crippen LogP contribution in [0, 0.1) is 17.3 Å². The van der Waals surface area contributed by atoms with Crippen LogP contribution in [0.5, 0.6) is 0 Å². The molecule has 0 aromatic carbocycles. The Balaban J connectivity index is 1.82. The highest BCUT2D eigenvalue weighted by atomic mass is 16.6. The number of hydrogen-bond acceptors (Lipinski definition) is 3. The molecule has 4 heteroatoms. The Morgan fingerprint density at radius 1 is 1.26 bits per heavy atom. The molecule has 0 radical (unpaired) electrons. The third-order valence-corrected chi connectivity index (χ3v) is 4.70. The number of likely N-dealkylation sites (tertiary alicyclic amines) is 1. The van der Waals surface area contributed by atoms with Gasteiger partial charge < -0.3 is 15.4 Å². The summed E-state index contributed by atoms with van der Waals surface area (Å²) in [6, 6.07) is 0.338. The molecular formula is C15H28N2O2. The molecule has 1 saturated heterocycles. The number of nitrogens with zero attached hydrogens (tertiary/aromatic N) is 1. The highest BCUT2D eigenvalue weighted by Crippen LogP contribution is 2.56. The minimum absolute atomic E-state index is 0.176. The Morgan fingerprint density at radius 3 is 2.11 bits per heavy atom. The molecule has 2 fully saturated rings. The van der Waals surface area contributed by atoms with Gasteiger partial charge in [0.2, 0.25) is 0 Å². The minimum Gasteiger partial charge on any atom is -0.444 e. The molecule has 0 aromatic heterocycles. The van der Waals surface area contributed by atoms with Crippen LogP contribution in [0.25, 0.3) is 0 Å². The summed E-state index contributed by atoms with van der Waals surface area (Å²) in [6.45, 7) is 11.8. The number of carbonyl (C=O) groups is 1. The van der Waals surface area contributed by atoms with E-state index >= 15 is 0 Å². The molecule has 0 spiro atoms. The van der Waals surface area contributed by atoms with Crippen molar-refractivity contribution < 1.29 is 9.53 Å². The van der Waals surface area contributed by atoms with Crippen LogP contribution >= 0.6 is 0 Å².